The molecule has 0 saturated carbocycles. The lowest BCUT2D eigenvalue weighted by molar-refractivity contribution is -0.141. The van der Waals surface area contributed by atoms with E-state index < -0.39 is 0 Å². The Balaban J connectivity index is 3.95. The van der Waals surface area contributed by atoms with Crippen LogP contribution in [0, 0.1) is 0 Å². The molecule has 0 radical (unpaired) electrons. The van der Waals surface area contributed by atoms with Crippen molar-refractivity contribution in [1.82, 2.24) is 10.2 Å². The number of likely N-dealkylation sites (N-methyl/N-ethyl adjacent to an activating group) is 1. The van der Waals surface area contributed by atoms with Crippen LogP contribution in [0.5, 0.6) is 0 Å². The first kappa shape index (κ1) is 15.9. The Hall–Kier alpha value is -1.10. The highest BCUT2D eigenvalue weighted by Crippen LogP contribution is 1.94. The molecule has 5 nitrogen and oxygen atoms in total. The second kappa shape index (κ2) is 8.98. The lowest BCUT2D eigenvalue weighted by Gasteiger charge is -2.20. The normalized spacial score (nSPS) is 12.3. The van der Waals surface area contributed by atoms with Crippen molar-refractivity contribution in [2.45, 2.75) is 39.7 Å². The van der Waals surface area contributed by atoms with E-state index in [-0.39, 0.29) is 17.9 Å². The molecule has 0 rings (SSSR count). The van der Waals surface area contributed by atoms with Crippen molar-refractivity contribution < 1.29 is 14.3 Å². The lowest BCUT2D eigenvalue weighted by Crippen LogP contribution is -2.41. The highest BCUT2D eigenvalue weighted by molar-refractivity contribution is 5.78. The predicted molar refractivity (Wildman–Crippen MR) is 66.6 cm³/mol. The third-order valence-electron chi connectivity index (χ3n) is 2.69. The smallest absolute Gasteiger partial charge is 0.306 e. The fourth-order valence-corrected chi connectivity index (χ4v) is 1.33. The Morgan fingerprint density at radius 1 is 1.35 bits per heavy atom. The van der Waals surface area contributed by atoms with Gasteiger partial charge in [0, 0.05) is 12.6 Å². The van der Waals surface area contributed by atoms with Crippen molar-refractivity contribution in [3.63, 3.8) is 0 Å². The maximum atomic E-state index is 11.6. The van der Waals surface area contributed by atoms with Crippen LogP contribution >= 0.6 is 0 Å². The summed E-state index contributed by atoms with van der Waals surface area (Å²) >= 11 is 0. The highest BCUT2D eigenvalue weighted by atomic mass is 16.5. The van der Waals surface area contributed by atoms with Gasteiger partial charge in [-0.1, -0.05) is 13.8 Å². The van der Waals surface area contributed by atoms with Gasteiger partial charge >= 0.3 is 5.97 Å². The van der Waals surface area contributed by atoms with Crippen LogP contribution in [0.2, 0.25) is 0 Å². The van der Waals surface area contributed by atoms with Crippen LogP contribution < -0.4 is 5.32 Å². The first-order valence-corrected chi connectivity index (χ1v) is 6.11. The fraction of sp³-hybridized carbons (Fsp3) is 0.833. The number of nitrogens with zero attached hydrogens (tertiary/aromatic N) is 1. The molecule has 0 aliphatic heterocycles. The fourth-order valence-electron chi connectivity index (χ4n) is 1.33. The van der Waals surface area contributed by atoms with E-state index in [4.69, 9.17) is 0 Å². The molecule has 5 heteroatoms. The van der Waals surface area contributed by atoms with E-state index in [1.54, 1.807) is 0 Å². The molecule has 1 unspecified atom stereocenters. The molecular formula is C12H24N2O3. The molecule has 0 aromatic carbocycles. The Bertz CT molecular complexity index is 244. The van der Waals surface area contributed by atoms with Gasteiger partial charge < -0.3 is 10.1 Å². The number of nitrogens with one attached hydrogen (secondary N) is 1. The molecule has 17 heavy (non-hydrogen) atoms. The molecule has 0 bridgehead atoms. The molecule has 0 heterocycles. The maximum absolute atomic E-state index is 11.6. The molecule has 0 spiro atoms. The summed E-state index contributed by atoms with van der Waals surface area (Å²) in [6.07, 6.45) is 1.24. The molecule has 0 saturated heterocycles. The van der Waals surface area contributed by atoms with Crippen LogP contribution in [-0.2, 0) is 14.3 Å². The third-order valence-corrected chi connectivity index (χ3v) is 2.69. The molecule has 100 valence electrons. The number of esters is 1. The average Bonchev–Trinajstić information content (AvgIpc) is 2.33. The van der Waals surface area contributed by atoms with E-state index >= 15 is 0 Å². The molecule has 1 atom stereocenters. The minimum Gasteiger partial charge on any atom is -0.469 e. The first-order chi connectivity index (χ1) is 8.03. The van der Waals surface area contributed by atoms with E-state index in [9.17, 15) is 9.59 Å². The van der Waals surface area contributed by atoms with E-state index in [2.05, 4.69) is 10.1 Å². The molecule has 1 amide bonds. The number of carbonyl (C=O) groups is 2. The molecule has 1 N–H and O–H groups in total. The number of carbonyl (C=O) groups excluding carboxylic acids is 2. The summed E-state index contributed by atoms with van der Waals surface area (Å²) in [6.45, 7) is 7.59. The summed E-state index contributed by atoms with van der Waals surface area (Å²) in [7, 11) is 1.37. The van der Waals surface area contributed by atoms with E-state index in [0.29, 0.717) is 19.5 Å². The molecule has 0 aliphatic rings. The second-order valence-electron chi connectivity index (χ2n) is 4.07. The van der Waals surface area contributed by atoms with Gasteiger partial charge in [-0.25, -0.2) is 0 Å². The number of amides is 1. The number of ether oxygens (including phenoxy) is 1. The standard InChI is InChI=1S/C12H24N2O3/c1-5-10(3)13-11(15)9-14(6-2)8-7-12(16)17-4/h10H,5-9H2,1-4H3,(H,13,15). The maximum Gasteiger partial charge on any atom is 0.306 e. The van der Waals surface area contributed by atoms with E-state index in [1.165, 1.54) is 7.11 Å². The van der Waals surface area contributed by atoms with Crippen LogP contribution in [0.15, 0.2) is 0 Å². The Morgan fingerprint density at radius 2 is 2.00 bits per heavy atom. The highest BCUT2D eigenvalue weighted by Gasteiger charge is 2.12. The van der Waals surface area contributed by atoms with Gasteiger partial charge in [0.2, 0.25) is 5.91 Å². The van der Waals surface area contributed by atoms with Crippen LogP contribution in [0.25, 0.3) is 0 Å². The SMILES string of the molecule is CCC(C)NC(=O)CN(CC)CCC(=O)OC. The van der Waals surface area contributed by atoms with E-state index in [1.807, 2.05) is 25.7 Å². The van der Waals surface area contributed by atoms with Gasteiger partial charge in [0.05, 0.1) is 20.1 Å². The van der Waals surface area contributed by atoms with Crippen LogP contribution in [0.3, 0.4) is 0 Å². The van der Waals surface area contributed by atoms with Crippen molar-refractivity contribution in [1.29, 1.82) is 0 Å². The van der Waals surface area contributed by atoms with Crippen molar-refractivity contribution in [3.8, 4) is 0 Å². The van der Waals surface area contributed by atoms with Gasteiger partial charge in [-0.15, -0.1) is 0 Å². The Kier molecular flexibility index (Phi) is 8.40. The largest absolute Gasteiger partial charge is 0.469 e. The van der Waals surface area contributed by atoms with Gasteiger partial charge in [-0.3, -0.25) is 14.5 Å². The second-order valence-corrected chi connectivity index (χ2v) is 4.07. The van der Waals surface area contributed by atoms with E-state index in [0.717, 1.165) is 13.0 Å². The van der Waals surface area contributed by atoms with Crippen LogP contribution in [0.4, 0.5) is 0 Å². The third kappa shape index (κ3) is 7.74. The molecule has 0 aromatic rings. The summed E-state index contributed by atoms with van der Waals surface area (Å²) in [6, 6.07) is 0.196. The van der Waals surface area contributed by atoms with Crippen molar-refractivity contribution in [2.75, 3.05) is 26.7 Å². The zero-order chi connectivity index (χ0) is 13.3. The number of hydrogen-bond acceptors (Lipinski definition) is 4. The minimum absolute atomic E-state index is 0.00562. The number of hydrogen-bond donors (Lipinski definition) is 1. The summed E-state index contributed by atoms with van der Waals surface area (Å²) in [5, 5.41) is 2.90. The topological polar surface area (TPSA) is 58.6 Å². The number of methoxy groups -OCH3 is 1. The van der Waals surface area contributed by atoms with Gasteiger partial charge in [0.25, 0.3) is 0 Å². The van der Waals surface area contributed by atoms with Crippen molar-refractivity contribution >= 4 is 11.9 Å². The summed E-state index contributed by atoms with van der Waals surface area (Å²) in [5.74, 6) is -0.239. The average molecular weight is 244 g/mol. The predicted octanol–water partition coefficient (Wildman–Crippen LogP) is 0.786. The lowest BCUT2D eigenvalue weighted by atomic mass is 10.2. The zero-order valence-electron chi connectivity index (χ0n) is 11.3. The summed E-state index contributed by atoms with van der Waals surface area (Å²) in [4.78, 5) is 24.5. The first-order valence-electron chi connectivity index (χ1n) is 6.11. The Labute approximate surface area is 103 Å². The van der Waals surface area contributed by atoms with Crippen LogP contribution in [0.1, 0.15) is 33.6 Å². The van der Waals surface area contributed by atoms with Gasteiger partial charge in [0.1, 0.15) is 0 Å². The minimum atomic E-state index is -0.245. The number of rotatable bonds is 8. The van der Waals surface area contributed by atoms with Gasteiger partial charge in [-0.05, 0) is 19.9 Å². The summed E-state index contributed by atoms with van der Waals surface area (Å²) < 4.78 is 4.57. The zero-order valence-corrected chi connectivity index (χ0v) is 11.3. The molecule has 0 fully saturated rings. The monoisotopic (exact) mass is 244 g/mol. The van der Waals surface area contributed by atoms with Crippen molar-refractivity contribution in [2.24, 2.45) is 0 Å². The summed E-state index contributed by atoms with van der Waals surface area (Å²) in [5.41, 5.74) is 0. The van der Waals surface area contributed by atoms with Crippen LogP contribution in [-0.4, -0.2) is 49.6 Å². The van der Waals surface area contributed by atoms with Crippen molar-refractivity contribution in [3.05, 3.63) is 0 Å². The Morgan fingerprint density at radius 3 is 2.47 bits per heavy atom. The molecule has 0 aromatic heterocycles. The molecule has 0 aliphatic carbocycles. The van der Waals surface area contributed by atoms with Gasteiger partial charge in [0.15, 0.2) is 0 Å². The van der Waals surface area contributed by atoms with Gasteiger partial charge in [-0.2, -0.15) is 0 Å². The quantitative estimate of drug-likeness (QED) is 0.641. The molecular weight excluding hydrogens is 220 g/mol.